The topological polar surface area (TPSA) is 30.9 Å². The van der Waals surface area contributed by atoms with Crippen LogP contribution in [0.15, 0.2) is 29.3 Å². The van der Waals surface area contributed by atoms with Crippen LogP contribution in [0.2, 0.25) is 0 Å². The zero-order valence-electron chi connectivity index (χ0n) is 14.9. The highest BCUT2D eigenvalue weighted by atomic mass is 19.4. The number of benzene rings is 1. The average Bonchev–Trinajstić information content (AvgIpc) is 2.57. The SMILES string of the molecule is CN=C(NCCCCC(F)(F)F)N1CCN(c2cccc(C)c2)CC1. The first-order valence-corrected chi connectivity index (χ1v) is 8.73. The Labute approximate surface area is 147 Å². The van der Waals surface area contributed by atoms with Crippen molar-refractivity contribution in [3.05, 3.63) is 29.8 Å². The molecular formula is C18H27F3N4. The number of aryl methyl sites for hydroxylation is 1. The Hall–Kier alpha value is -1.92. The molecule has 1 aromatic rings. The molecule has 1 aromatic carbocycles. The van der Waals surface area contributed by atoms with Crippen LogP contribution in [0.3, 0.4) is 0 Å². The molecule has 4 nitrogen and oxygen atoms in total. The number of halogens is 3. The molecule has 1 N–H and O–H groups in total. The largest absolute Gasteiger partial charge is 0.389 e. The summed E-state index contributed by atoms with van der Waals surface area (Å²) in [6.45, 7) is 6.09. The van der Waals surface area contributed by atoms with E-state index in [9.17, 15) is 13.2 Å². The maximum Gasteiger partial charge on any atom is 0.389 e. The van der Waals surface area contributed by atoms with Crippen LogP contribution in [-0.4, -0.2) is 56.8 Å². The zero-order valence-corrected chi connectivity index (χ0v) is 14.9. The van der Waals surface area contributed by atoms with Gasteiger partial charge in [0.1, 0.15) is 0 Å². The van der Waals surface area contributed by atoms with Crippen molar-refractivity contribution in [3.8, 4) is 0 Å². The number of piperazine rings is 1. The second kappa shape index (κ2) is 8.97. The molecule has 0 aliphatic carbocycles. The molecule has 140 valence electrons. The van der Waals surface area contributed by atoms with Gasteiger partial charge >= 0.3 is 6.18 Å². The first-order valence-electron chi connectivity index (χ1n) is 8.73. The summed E-state index contributed by atoms with van der Waals surface area (Å²) in [5.41, 5.74) is 2.48. The van der Waals surface area contributed by atoms with Gasteiger partial charge in [0.15, 0.2) is 5.96 Å². The predicted octanol–water partition coefficient (Wildman–Crippen LogP) is 3.43. The Morgan fingerprint density at radius 3 is 2.48 bits per heavy atom. The Balaban J connectivity index is 1.74. The summed E-state index contributed by atoms with van der Waals surface area (Å²) in [4.78, 5) is 8.77. The van der Waals surface area contributed by atoms with Crippen LogP contribution in [-0.2, 0) is 0 Å². The Morgan fingerprint density at radius 2 is 1.88 bits per heavy atom. The summed E-state index contributed by atoms with van der Waals surface area (Å²) in [6.07, 6.45) is -4.15. The third-order valence-electron chi connectivity index (χ3n) is 4.33. The first-order chi connectivity index (χ1) is 11.9. The van der Waals surface area contributed by atoms with E-state index in [1.807, 2.05) is 0 Å². The zero-order chi connectivity index (χ0) is 18.3. The summed E-state index contributed by atoms with van der Waals surface area (Å²) in [5, 5.41) is 3.18. The molecular weight excluding hydrogens is 329 g/mol. The number of rotatable bonds is 5. The molecule has 0 bridgehead atoms. The van der Waals surface area contributed by atoms with Gasteiger partial charge in [0.25, 0.3) is 0 Å². The van der Waals surface area contributed by atoms with Crippen molar-refractivity contribution in [1.29, 1.82) is 0 Å². The van der Waals surface area contributed by atoms with Crippen molar-refractivity contribution in [2.24, 2.45) is 4.99 Å². The van der Waals surface area contributed by atoms with E-state index in [4.69, 9.17) is 0 Å². The van der Waals surface area contributed by atoms with Crippen molar-refractivity contribution in [1.82, 2.24) is 10.2 Å². The number of hydrogen-bond acceptors (Lipinski definition) is 2. The molecule has 1 saturated heterocycles. The van der Waals surface area contributed by atoms with Crippen LogP contribution in [0, 0.1) is 6.92 Å². The van der Waals surface area contributed by atoms with Gasteiger partial charge in [-0.25, -0.2) is 0 Å². The fourth-order valence-corrected chi connectivity index (χ4v) is 2.98. The maximum atomic E-state index is 12.1. The molecule has 0 spiro atoms. The lowest BCUT2D eigenvalue weighted by atomic mass is 10.2. The Morgan fingerprint density at radius 1 is 1.16 bits per heavy atom. The lowest BCUT2D eigenvalue weighted by molar-refractivity contribution is -0.135. The fourth-order valence-electron chi connectivity index (χ4n) is 2.98. The molecule has 1 aliphatic rings. The minimum Gasteiger partial charge on any atom is -0.368 e. The number of hydrogen-bond donors (Lipinski definition) is 1. The van der Waals surface area contributed by atoms with Crippen LogP contribution >= 0.6 is 0 Å². The van der Waals surface area contributed by atoms with Crippen LogP contribution in [0.5, 0.6) is 0 Å². The summed E-state index contributed by atoms with van der Waals surface area (Å²) in [5.74, 6) is 0.774. The minimum atomic E-state index is -4.06. The quantitative estimate of drug-likeness (QED) is 0.498. The Bertz CT molecular complexity index is 564. The molecule has 0 unspecified atom stereocenters. The predicted molar refractivity (Wildman–Crippen MR) is 96.2 cm³/mol. The van der Waals surface area contributed by atoms with Gasteiger partial charge < -0.3 is 15.1 Å². The third-order valence-corrected chi connectivity index (χ3v) is 4.33. The van der Waals surface area contributed by atoms with Crippen LogP contribution in [0.25, 0.3) is 0 Å². The molecule has 0 aromatic heterocycles. The van der Waals surface area contributed by atoms with Gasteiger partial charge in [-0.1, -0.05) is 12.1 Å². The van der Waals surface area contributed by atoms with Gasteiger partial charge in [-0.15, -0.1) is 0 Å². The molecule has 2 rings (SSSR count). The smallest absolute Gasteiger partial charge is 0.368 e. The number of aliphatic imine (C=N–C) groups is 1. The number of nitrogens with one attached hydrogen (secondary N) is 1. The Kier molecular flexibility index (Phi) is 6.96. The summed E-state index contributed by atoms with van der Waals surface area (Å²) in [7, 11) is 1.71. The van der Waals surface area contributed by atoms with Gasteiger partial charge in [-0.3, -0.25) is 4.99 Å². The fraction of sp³-hybridized carbons (Fsp3) is 0.611. The van der Waals surface area contributed by atoms with Gasteiger partial charge in [0.2, 0.25) is 0 Å². The number of guanidine groups is 1. The number of alkyl halides is 3. The van der Waals surface area contributed by atoms with Crippen LogP contribution in [0.4, 0.5) is 18.9 Å². The minimum absolute atomic E-state index is 0.147. The molecule has 0 amide bonds. The van der Waals surface area contributed by atoms with Gasteiger partial charge in [0.05, 0.1) is 0 Å². The van der Waals surface area contributed by atoms with Crippen LogP contribution in [0.1, 0.15) is 24.8 Å². The van der Waals surface area contributed by atoms with E-state index in [0.29, 0.717) is 13.0 Å². The summed E-state index contributed by atoms with van der Waals surface area (Å²) >= 11 is 0. The van der Waals surface area contributed by atoms with Gasteiger partial charge in [-0.05, 0) is 37.5 Å². The second-order valence-corrected chi connectivity index (χ2v) is 6.36. The molecule has 1 aliphatic heterocycles. The normalized spacial score (nSPS) is 16.3. The van der Waals surface area contributed by atoms with Gasteiger partial charge in [0, 0.05) is 51.9 Å². The highest BCUT2D eigenvalue weighted by molar-refractivity contribution is 5.80. The standard InChI is InChI=1S/C18H27F3N4/c1-15-6-5-7-16(14-15)24-10-12-25(13-11-24)17(22-2)23-9-4-3-8-18(19,20)21/h5-7,14H,3-4,8-13H2,1-2H3,(H,22,23). The average molecular weight is 356 g/mol. The summed E-state index contributed by atoms with van der Waals surface area (Å²) < 4.78 is 36.4. The lowest BCUT2D eigenvalue weighted by Gasteiger charge is -2.37. The van der Waals surface area contributed by atoms with E-state index in [1.54, 1.807) is 7.05 Å². The van der Waals surface area contributed by atoms with Gasteiger partial charge in [-0.2, -0.15) is 13.2 Å². The van der Waals surface area contributed by atoms with E-state index in [0.717, 1.165) is 32.1 Å². The van der Waals surface area contributed by atoms with Crippen molar-refractivity contribution in [3.63, 3.8) is 0 Å². The van der Waals surface area contributed by atoms with E-state index in [2.05, 4.69) is 51.3 Å². The molecule has 0 radical (unpaired) electrons. The molecule has 1 heterocycles. The molecule has 1 fully saturated rings. The van der Waals surface area contributed by atoms with E-state index >= 15 is 0 Å². The van der Waals surface area contributed by atoms with Crippen LogP contribution < -0.4 is 10.2 Å². The molecule has 0 atom stereocenters. The second-order valence-electron chi connectivity index (χ2n) is 6.36. The van der Waals surface area contributed by atoms with E-state index < -0.39 is 12.6 Å². The molecule has 25 heavy (non-hydrogen) atoms. The monoisotopic (exact) mass is 356 g/mol. The van der Waals surface area contributed by atoms with Crippen molar-refractivity contribution < 1.29 is 13.2 Å². The molecule has 0 saturated carbocycles. The number of nitrogens with zero attached hydrogens (tertiary/aromatic N) is 3. The van der Waals surface area contributed by atoms with E-state index in [1.165, 1.54) is 11.3 Å². The highest BCUT2D eigenvalue weighted by Crippen LogP contribution is 2.22. The molecule has 7 heteroatoms. The van der Waals surface area contributed by atoms with E-state index in [-0.39, 0.29) is 6.42 Å². The first kappa shape index (κ1) is 19.4. The lowest BCUT2D eigenvalue weighted by Crippen LogP contribution is -2.52. The number of anilines is 1. The third kappa shape index (κ3) is 6.48. The summed E-state index contributed by atoms with van der Waals surface area (Å²) in [6, 6.07) is 8.46. The van der Waals surface area contributed by atoms with Crippen molar-refractivity contribution in [2.45, 2.75) is 32.4 Å². The highest BCUT2D eigenvalue weighted by Gasteiger charge is 2.26. The maximum absolute atomic E-state index is 12.1. The van der Waals surface area contributed by atoms with Crippen molar-refractivity contribution in [2.75, 3.05) is 44.7 Å². The van der Waals surface area contributed by atoms with Crippen molar-refractivity contribution >= 4 is 11.6 Å². The number of unbranched alkanes of at least 4 members (excludes halogenated alkanes) is 1.